The Hall–Kier alpha value is -0.900. The van der Waals surface area contributed by atoms with Crippen molar-refractivity contribution >= 4 is 0 Å². The molecule has 88 valence electrons. The van der Waals surface area contributed by atoms with Gasteiger partial charge < -0.3 is 15.2 Å². The van der Waals surface area contributed by atoms with Gasteiger partial charge >= 0.3 is 0 Å². The summed E-state index contributed by atoms with van der Waals surface area (Å²) in [6.45, 7) is 3.37. The van der Waals surface area contributed by atoms with E-state index in [4.69, 9.17) is 4.74 Å². The van der Waals surface area contributed by atoms with Gasteiger partial charge in [0.25, 0.3) is 0 Å². The van der Waals surface area contributed by atoms with Crippen molar-refractivity contribution in [3.8, 4) is 0 Å². The summed E-state index contributed by atoms with van der Waals surface area (Å²) in [5.74, 6) is 0. The van der Waals surface area contributed by atoms with Crippen molar-refractivity contribution in [1.29, 1.82) is 0 Å². The average Bonchev–Trinajstić information content (AvgIpc) is 2.33. The summed E-state index contributed by atoms with van der Waals surface area (Å²) in [6, 6.07) is 10.5. The minimum atomic E-state index is -0.292. The number of ether oxygens (including phenoxy) is 1. The van der Waals surface area contributed by atoms with E-state index in [1.807, 2.05) is 18.2 Å². The van der Waals surface area contributed by atoms with E-state index in [2.05, 4.69) is 24.4 Å². The molecule has 0 amide bonds. The first-order chi connectivity index (χ1) is 7.77. The van der Waals surface area contributed by atoms with Gasteiger partial charge in [-0.25, -0.2) is 0 Å². The summed E-state index contributed by atoms with van der Waals surface area (Å²) >= 11 is 0. The van der Waals surface area contributed by atoms with Crippen LogP contribution in [0.5, 0.6) is 0 Å². The van der Waals surface area contributed by atoms with E-state index in [1.165, 1.54) is 5.56 Å². The fourth-order valence-corrected chi connectivity index (χ4v) is 2.04. The second-order valence-corrected chi connectivity index (χ2v) is 4.34. The van der Waals surface area contributed by atoms with Gasteiger partial charge in [0.1, 0.15) is 0 Å². The van der Waals surface area contributed by atoms with Gasteiger partial charge in [-0.3, -0.25) is 0 Å². The van der Waals surface area contributed by atoms with E-state index >= 15 is 0 Å². The zero-order valence-corrected chi connectivity index (χ0v) is 9.60. The average molecular weight is 221 g/mol. The van der Waals surface area contributed by atoms with Crippen LogP contribution in [0.2, 0.25) is 0 Å². The molecule has 0 saturated carbocycles. The van der Waals surface area contributed by atoms with Crippen molar-refractivity contribution in [3.05, 3.63) is 35.9 Å². The van der Waals surface area contributed by atoms with Crippen molar-refractivity contribution in [3.63, 3.8) is 0 Å². The fraction of sp³-hybridized carbons (Fsp3) is 0.538. The molecule has 3 unspecified atom stereocenters. The Bertz CT molecular complexity index is 315. The summed E-state index contributed by atoms with van der Waals surface area (Å²) in [7, 11) is 0. The summed E-state index contributed by atoms with van der Waals surface area (Å²) < 4.78 is 5.37. The largest absolute Gasteiger partial charge is 0.391 e. The number of aliphatic hydroxyl groups is 1. The van der Waals surface area contributed by atoms with E-state index in [0.717, 1.165) is 6.42 Å². The van der Waals surface area contributed by atoms with Gasteiger partial charge in [0.2, 0.25) is 0 Å². The van der Waals surface area contributed by atoms with E-state index in [0.29, 0.717) is 13.2 Å². The van der Waals surface area contributed by atoms with E-state index in [9.17, 15) is 5.11 Å². The van der Waals surface area contributed by atoms with Crippen molar-refractivity contribution in [2.45, 2.75) is 31.5 Å². The topological polar surface area (TPSA) is 41.5 Å². The van der Waals surface area contributed by atoms with Crippen LogP contribution in [0.1, 0.15) is 24.9 Å². The molecule has 1 aromatic carbocycles. The van der Waals surface area contributed by atoms with Gasteiger partial charge in [0, 0.05) is 12.6 Å². The lowest BCUT2D eigenvalue weighted by molar-refractivity contribution is -0.0185. The van der Waals surface area contributed by atoms with Crippen LogP contribution >= 0.6 is 0 Å². The number of aliphatic hydroxyl groups excluding tert-OH is 1. The lowest BCUT2D eigenvalue weighted by atomic mass is 10.0. The van der Waals surface area contributed by atoms with Gasteiger partial charge in [0.15, 0.2) is 0 Å². The lowest BCUT2D eigenvalue weighted by Crippen LogP contribution is -2.47. The molecule has 0 aromatic heterocycles. The molecular weight excluding hydrogens is 202 g/mol. The van der Waals surface area contributed by atoms with E-state index < -0.39 is 0 Å². The highest BCUT2D eigenvalue weighted by molar-refractivity contribution is 5.18. The highest BCUT2D eigenvalue weighted by Gasteiger charge is 2.24. The van der Waals surface area contributed by atoms with Crippen molar-refractivity contribution < 1.29 is 9.84 Å². The minimum absolute atomic E-state index is 0.0453. The Morgan fingerprint density at radius 2 is 2.12 bits per heavy atom. The molecule has 1 saturated heterocycles. The van der Waals surface area contributed by atoms with Crippen LogP contribution in [-0.2, 0) is 4.74 Å². The lowest BCUT2D eigenvalue weighted by Gasteiger charge is -2.31. The molecule has 0 radical (unpaired) electrons. The molecule has 1 fully saturated rings. The summed E-state index contributed by atoms with van der Waals surface area (Å²) in [4.78, 5) is 0. The van der Waals surface area contributed by atoms with Gasteiger partial charge in [0.05, 0.1) is 18.8 Å². The highest BCUT2D eigenvalue weighted by Crippen LogP contribution is 2.15. The van der Waals surface area contributed by atoms with E-state index in [1.54, 1.807) is 0 Å². The first-order valence-corrected chi connectivity index (χ1v) is 5.84. The molecule has 0 bridgehead atoms. The van der Waals surface area contributed by atoms with Crippen LogP contribution in [0, 0.1) is 0 Å². The first-order valence-electron chi connectivity index (χ1n) is 5.84. The fourth-order valence-electron chi connectivity index (χ4n) is 2.04. The van der Waals surface area contributed by atoms with Crippen molar-refractivity contribution in [2.24, 2.45) is 0 Å². The molecule has 2 N–H and O–H groups in total. The molecule has 3 nitrogen and oxygen atoms in total. The Kier molecular flexibility index (Phi) is 3.93. The zero-order valence-electron chi connectivity index (χ0n) is 9.60. The monoisotopic (exact) mass is 221 g/mol. The molecule has 1 aliphatic heterocycles. The Balaban J connectivity index is 1.94. The predicted octanol–water partition coefficient (Wildman–Crippen LogP) is 1.49. The second-order valence-electron chi connectivity index (χ2n) is 4.34. The van der Waals surface area contributed by atoms with Crippen molar-refractivity contribution in [2.75, 3.05) is 13.2 Å². The van der Waals surface area contributed by atoms with Crippen LogP contribution in [0.15, 0.2) is 30.3 Å². The predicted molar refractivity (Wildman–Crippen MR) is 63.2 cm³/mol. The maximum absolute atomic E-state index is 9.82. The molecule has 3 heteroatoms. The maximum Gasteiger partial charge on any atom is 0.0737 e. The quantitative estimate of drug-likeness (QED) is 0.812. The minimum Gasteiger partial charge on any atom is -0.391 e. The normalized spacial score (nSPS) is 27.6. The highest BCUT2D eigenvalue weighted by atomic mass is 16.5. The third kappa shape index (κ3) is 2.82. The Labute approximate surface area is 96.4 Å². The summed E-state index contributed by atoms with van der Waals surface area (Å²) in [5, 5.41) is 13.2. The third-order valence-electron chi connectivity index (χ3n) is 3.08. The molecular formula is C13H19NO2. The summed E-state index contributed by atoms with van der Waals surface area (Å²) in [5.41, 5.74) is 1.24. The number of hydrogen-bond donors (Lipinski definition) is 2. The van der Waals surface area contributed by atoms with Gasteiger partial charge in [-0.15, -0.1) is 0 Å². The molecule has 1 aliphatic rings. The Morgan fingerprint density at radius 1 is 1.38 bits per heavy atom. The number of hydrogen-bond acceptors (Lipinski definition) is 3. The number of benzene rings is 1. The van der Waals surface area contributed by atoms with Crippen LogP contribution in [-0.4, -0.2) is 30.5 Å². The molecule has 3 atom stereocenters. The van der Waals surface area contributed by atoms with Crippen LogP contribution in [0.3, 0.4) is 0 Å². The van der Waals surface area contributed by atoms with Gasteiger partial charge in [-0.05, 0) is 18.9 Å². The zero-order chi connectivity index (χ0) is 11.4. The maximum atomic E-state index is 9.82. The number of nitrogens with one attached hydrogen (secondary N) is 1. The molecule has 0 aliphatic carbocycles. The van der Waals surface area contributed by atoms with Crippen LogP contribution in [0.25, 0.3) is 0 Å². The van der Waals surface area contributed by atoms with Gasteiger partial charge in [-0.1, -0.05) is 30.3 Å². The Morgan fingerprint density at radius 3 is 2.81 bits per heavy atom. The smallest absolute Gasteiger partial charge is 0.0737 e. The molecule has 16 heavy (non-hydrogen) atoms. The second kappa shape index (κ2) is 5.43. The van der Waals surface area contributed by atoms with Crippen molar-refractivity contribution in [1.82, 2.24) is 5.32 Å². The van der Waals surface area contributed by atoms with Gasteiger partial charge in [-0.2, -0.15) is 0 Å². The molecule has 0 spiro atoms. The number of rotatable bonds is 3. The molecule has 2 rings (SSSR count). The van der Waals surface area contributed by atoms with E-state index in [-0.39, 0.29) is 18.2 Å². The first kappa shape index (κ1) is 11.6. The van der Waals surface area contributed by atoms with Crippen LogP contribution < -0.4 is 5.32 Å². The third-order valence-corrected chi connectivity index (χ3v) is 3.08. The summed E-state index contributed by atoms with van der Waals surface area (Å²) in [6.07, 6.45) is 0.430. The van der Waals surface area contributed by atoms with Crippen LogP contribution in [0.4, 0.5) is 0 Å². The SMILES string of the molecule is CC(NC1COCCC1O)c1ccccc1. The standard InChI is InChI=1S/C13H19NO2/c1-10(11-5-3-2-4-6-11)14-12-9-16-8-7-13(12)15/h2-6,10,12-15H,7-9H2,1H3. The molecule has 1 heterocycles. The molecule has 1 aromatic rings.